The number of benzene rings is 3. The normalized spacial score (nSPS) is 11.2. The molecule has 3 rings (SSSR count). The number of sulfonamides is 1. The molecule has 0 spiro atoms. The molecule has 7 heteroatoms. The number of rotatable bonds is 7. The third-order valence-corrected chi connectivity index (χ3v) is 7.26. The maximum Gasteiger partial charge on any atom is 0.264 e. The van der Waals surface area contributed by atoms with Gasteiger partial charge < -0.3 is 5.32 Å². The highest BCUT2D eigenvalue weighted by Gasteiger charge is 2.28. The minimum atomic E-state index is -3.96. The molecule has 0 aliphatic heterocycles. The lowest BCUT2D eigenvalue weighted by molar-refractivity contribution is -0.114. The van der Waals surface area contributed by atoms with E-state index in [2.05, 4.69) is 5.32 Å². The Morgan fingerprint density at radius 3 is 2.32 bits per heavy atom. The number of halogens is 1. The fraction of sp³-hybridized carbons (Fsp3) is 0.208. The number of hydrogen-bond donors (Lipinski definition) is 1. The molecule has 31 heavy (non-hydrogen) atoms. The van der Waals surface area contributed by atoms with Crippen LogP contribution in [0.4, 0.5) is 11.4 Å². The number of amides is 1. The van der Waals surface area contributed by atoms with Crippen molar-refractivity contribution in [3.63, 3.8) is 0 Å². The minimum absolute atomic E-state index is 0.135. The number of anilines is 2. The van der Waals surface area contributed by atoms with Crippen LogP contribution in [0.25, 0.3) is 0 Å². The van der Waals surface area contributed by atoms with E-state index in [1.54, 1.807) is 61.5 Å². The van der Waals surface area contributed by atoms with Crippen molar-refractivity contribution < 1.29 is 13.2 Å². The Bertz CT molecular complexity index is 1190. The average Bonchev–Trinajstić information content (AvgIpc) is 2.75. The van der Waals surface area contributed by atoms with Gasteiger partial charge in [-0.3, -0.25) is 9.10 Å². The monoisotopic (exact) mass is 456 g/mol. The molecule has 0 aliphatic rings. The van der Waals surface area contributed by atoms with Gasteiger partial charge in [-0.2, -0.15) is 0 Å². The number of para-hydroxylation sites is 1. The molecular formula is C24H25ClN2O3S. The fourth-order valence-electron chi connectivity index (χ4n) is 3.25. The molecule has 0 bridgehead atoms. The molecular weight excluding hydrogens is 432 g/mol. The number of nitrogens with one attached hydrogen (secondary N) is 1. The van der Waals surface area contributed by atoms with Crippen LogP contribution in [0.15, 0.2) is 71.6 Å². The molecule has 162 valence electrons. The molecule has 0 aliphatic carbocycles. The molecule has 0 heterocycles. The largest absolute Gasteiger partial charge is 0.324 e. The van der Waals surface area contributed by atoms with Crippen LogP contribution < -0.4 is 9.62 Å². The molecule has 3 aromatic carbocycles. The number of hydrogen-bond acceptors (Lipinski definition) is 3. The zero-order chi connectivity index (χ0) is 22.6. The number of carbonyl (C=O) groups excluding carboxylic acids is 1. The zero-order valence-electron chi connectivity index (χ0n) is 17.7. The Morgan fingerprint density at radius 2 is 1.65 bits per heavy atom. The topological polar surface area (TPSA) is 66.5 Å². The number of aryl methyl sites for hydroxylation is 2. The summed E-state index contributed by atoms with van der Waals surface area (Å²) < 4.78 is 28.3. The molecule has 3 aromatic rings. The third-order valence-electron chi connectivity index (χ3n) is 5.08. The minimum Gasteiger partial charge on any atom is -0.324 e. The van der Waals surface area contributed by atoms with Crippen molar-refractivity contribution in [1.29, 1.82) is 0 Å². The van der Waals surface area contributed by atoms with Gasteiger partial charge in [-0.15, -0.1) is 0 Å². The molecule has 1 N–H and O–H groups in total. The van der Waals surface area contributed by atoms with Gasteiger partial charge in [0.25, 0.3) is 10.0 Å². The Balaban J connectivity index is 2.01. The van der Waals surface area contributed by atoms with Crippen LogP contribution in [-0.4, -0.2) is 20.9 Å². The molecule has 0 saturated heterocycles. The van der Waals surface area contributed by atoms with Gasteiger partial charge in [-0.25, -0.2) is 8.42 Å². The standard InChI is InChI=1S/C24H25ClN2O3S/c1-4-19-8-5-6-11-23(19)27(31(29,30)20-14-12-17(2)13-15-20)16-24(28)26-22-10-7-9-21(25)18(22)3/h5-15H,4,16H2,1-3H3,(H,26,28). The quantitative estimate of drug-likeness (QED) is 0.520. The van der Waals surface area contributed by atoms with Crippen molar-refractivity contribution in [2.24, 2.45) is 0 Å². The second-order valence-corrected chi connectivity index (χ2v) is 9.54. The van der Waals surface area contributed by atoms with E-state index in [4.69, 9.17) is 11.6 Å². The highest BCUT2D eigenvalue weighted by atomic mass is 35.5. The molecule has 5 nitrogen and oxygen atoms in total. The Hall–Kier alpha value is -2.83. The van der Waals surface area contributed by atoms with Gasteiger partial charge >= 0.3 is 0 Å². The predicted molar refractivity (Wildman–Crippen MR) is 126 cm³/mol. The first-order chi connectivity index (χ1) is 14.7. The van der Waals surface area contributed by atoms with Crippen molar-refractivity contribution in [2.75, 3.05) is 16.2 Å². The molecule has 1 amide bonds. The summed E-state index contributed by atoms with van der Waals surface area (Å²) >= 11 is 6.15. The van der Waals surface area contributed by atoms with E-state index in [0.29, 0.717) is 22.8 Å². The highest BCUT2D eigenvalue weighted by Crippen LogP contribution is 2.28. The van der Waals surface area contributed by atoms with E-state index >= 15 is 0 Å². The summed E-state index contributed by atoms with van der Waals surface area (Å²) in [6.07, 6.45) is 0.630. The van der Waals surface area contributed by atoms with E-state index in [1.807, 2.05) is 26.0 Å². The van der Waals surface area contributed by atoms with Crippen molar-refractivity contribution >= 4 is 38.9 Å². The summed E-state index contributed by atoms with van der Waals surface area (Å²) in [5.41, 5.74) is 3.55. The second-order valence-electron chi connectivity index (χ2n) is 7.27. The fourth-order valence-corrected chi connectivity index (χ4v) is 4.89. The van der Waals surface area contributed by atoms with Gasteiger partial charge in [-0.05, 0) is 61.7 Å². The lowest BCUT2D eigenvalue weighted by Gasteiger charge is -2.26. The van der Waals surface area contributed by atoms with Crippen LogP contribution in [0, 0.1) is 13.8 Å². The summed E-state index contributed by atoms with van der Waals surface area (Å²) in [4.78, 5) is 13.1. The Morgan fingerprint density at radius 1 is 0.968 bits per heavy atom. The van der Waals surface area contributed by atoms with Gasteiger partial charge in [-0.1, -0.05) is 60.5 Å². The Labute approximate surface area is 188 Å². The second kappa shape index (κ2) is 9.54. The molecule has 0 aromatic heterocycles. The first kappa shape index (κ1) is 22.8. The Kier molecular flexibility index (Phi) is 7.03. The summed E-state index contributed by atoms with van der Waals surface area (Å²) in [6, 6.07) is 19.0. The lowest BCUT2D eigenvalue weighted by Crippen LogP contribution is -2.38. The summed E-state index contributed by atoms with van der Waals surface area (Å²) in [7, 11) is -3.96. The maximum absolute atomic E-state index is 13.5. The van der Waals surface area contributed by atoms with Gasteiger partial charge in [0.05, 0.1) is 10.6 Å². The van der Waals surface area contributed by atoms with Crippen LogP contribution in [0.2, 0.25) is 5.02 Å². The first-order valence-corrected chi connectivity index (χ1v) is 11.8. The van der Waals surface area contributed by atoms with Gasteiger partial charge in [0, 0.05) is 10.7 Å². The average molecular weight is 457 g/mol. The van der Waals surface area contributed by atoms with E-state index in [-0.39, 0.29) is 11.4 Å². The zero-order valence-corrected chi connectivity index (χ0v) is 19.3. The van der Waals surface area contributed by atoms with E-state index < -0.39 is 15.9 Å². The molecule has 0 radical (unpaired) electrons. The summed E-state index contributed by atoms with van der Waals surface area (Å²) in [5.74, 6) is -0.452. The van der Waals surface area contributed by atoms with Crippen LogP contribution in [0.3, 0.4) is 0 Å². The van der Waals surface area contributed by atoms with Crippen LogP contribution >= 0.6 is 11.6 Å². The van der Waals surface area contributed by atoms with Crippen LogP contribution in [-0.2, 0) is 21.2 Å². The summed E-state index contributed by atoms with van der Waals surface area (Å²) in [5, 5.41) is 3.32. The van der Waals surface area contributed by atoms with Gasteiger partial charge in [0.15, 0.2) is 0 Å². The van der Waals surface area contributed by atoms with Crippen LogP contribution in [0.1, 0.15) is 23.6 Å². The smallest absolute Gasteiger partial charge is 0.264 e. The molecule has 0 saturated carbocycles. The number of nitrogens with zero attached hydrogens (tertiary/aromatic N) is 1. The van der Waals surface area contributed by atoms with Crippen molar-refractivity contribution in [3.8, 4) is 0 Å². The molecule has 0 atom stereocenters. The SMILES string of the molecule is CCc1ccccc1N(CC(=O)Nc1cccc(Cl)c1C)S(=O)(=O)c1ccc(C)cc1. The van der Waals surface area contributed by atoms with E-state index in [0.717, 1.165) is 16.7 Å². The van der Waals surface area contributed by atoms with Gasteiger partial charge in [0.2, 0.25) is 5.91 Å². The lowest BCUT2D eigenvalue weighted by atomic mass is 10.1. The molecule has 0 fully saturated rings. The van der Waals surface area contributed by atoms with E-state index in [9.17, 15) is 13.2 Å². The highest BCUT2D eigenvalue weighted by molar-refractivity contribution is 7.92. The third kappa shape index (κ3) is 5.09. The molecule has 0 unspecified atom stereocenters. The first-order valence-electron chi connectivity index (χ1n) is 9.96. The van der Waals surface area contributed by atoms with Crippen LogP contribution in [0.5, 0.6) is 0 Å². The number of carbonyl (C=O) groups is 1. The summed E-state index contributed by atoms with van der Waals surface area (Å²) in [6.45, 7) is 5.27. The van der Waals surface area contributed by atoms with Crippen molar-refractivity contribution in [2.45, 2.75) is 32.1 Å². The van der Waals surface area contributed by atoms with Gasteiger partial charge in [0.1, 0.15) is 6.54 Å². The predicted octanol–water partition coefficient (Wildman–Crippen LogP) is 5.35. The van der Waals surface area contributed by atoms with E-state index in [1.165, 1.54) is 4.31 Å². The maximum atomic E-state index is 13.5. The van der Waals surface area contributed by atoms with Crippen molar-refractivity contribution in [1.82, 2.24) is 0 Å². The van der Waals surface area contributed by atoms with Crippen molar-refractivity contribution in [3.05, 3.63) is 88.4 Å².